The fourth-order valence-corrected chi connectivity index (χ4v) is 5.20. The van der Waals surface area contributed by atoms with Crippen LogP contribution in [0.5, 0.6) is 0 Å². The summed E-state index contributed by atoms with van der Waals surface area (Å²) < 4.78 is 0. The lowest BCUT2D eigenvalue weighted by molar-refractivity contribution is 1.23. The molecule has 0 amide bonds. The van der Waals surface area contributed by atoms with E-state index in [1.807, 2.05) is 54.7 Å². The Labute approximate surface area is 220 Å². The van der Waals surface area contributed by atoms with E-state index in [4.69, 9.17) is 9.97 Å². The second-order valence-corrected chi connectivity index (χ2v) is 9.43. The van der Waals surface area contributed by atoms with Gasteiger partial charge < -0.3 is 0 Å². The average molecular weight is 484 g/mol. The molecule has 0 N–H and O–H groups in total. The first kappa shape index (κ1) is 21.9. The molecule has 1 aromatic heterocycles. The third kappa shape index (κ3) is 3.77. The van der Waals surface area contributed by atoms with Crippen molar-refractivity contribution in [3.63, 3.8) is 0 Å². The van der Waals surface area contributed by atoms with E-state index in [1.54, 1.807) is 0 Å². The summed E-state index contributed by atoms with van der Waals surface area (Å²) in [4.78, 5) is 9.68. The molecule has 0 atom stereocenters. The van der Waals surface area contributed by atoms with Crippen LogP contribution in [0.1, 0.15) is 5.56 Å². The van der Waals surface area contributed by atoms with E-state index < -0.39 is 0 Å². The quantitative estimate of drug-likeness (QED) is 0.252. The molecule has 0 unspecified atom stereocenters. The summed E-state index contributed by atoms with van der Waals surface area (Å²) in [5, 5.41) is 14.9. The minimum Gasteiger partial charge on any atom is -0.236 e. The van der Waals surface area contributed by atoms with Crippen molar-refractivity contribution in [1.29, 1.82) is 5.26 Å². The largest absolute Gasteiger partial charge is 0.236 e. The predicted octanol–water partition coefficient (Wildman–Crippen LogP) is 8.81. The summed E-state index contributed by atoms with van der Waals surface area (Å²) in [6.07, 6.45) is 1.90. The predicted molar refractivity (Wildman–Crippen MR) is 156 cm³/mol. The molecule has 0 radical (unpaired) electrons. The number of hydrogen-bond donors (Lipinski definition) is 0. The summed E-state index contributed by atoms with van der Waals surface area (Å²) in [5.41, 5.74) is 7.05. The van der Waals surface area contributed by atoms with Crippen molar-refractivity contribution >= 4 is 32.4 Å². The highest BCUT2D eigenvalue weighted by molar-refractivity contribution is 6.03. The monoisotopic (exact) mass is 483 g/mol. The molecule has 0 saturated carbocycles. The molecule has 38 heavy (non-hydrogen) atoms. The van der Waals surface area contributed by atoms with E-state index in [9.17, 15) is 5.26 Å². The molecular weight excluding hydrogens is 462 g/mol. The van der Waals surface area contributed by atoms with Crippen LogP contribution in [-0.4, -0.2) is 9.97 Å². The second kappa shape index (κ2) is 8.96. The lowest BCUT2D eigenvalue weighted by Gasteiger charge is -2.14. The maximum absolute atomic E-state index is 9.27. The van der Waals surface area contributed by atoms with Gasteiger partial charge in [0.05, 0.1) is 17.1 Å². The Balaban J connectivity index is 1.47. The molecule has 0 aliphatic heterocycles. The maximum atomic E-state index is 9.27. The Kier molecular flexibility index (Phi) is 5.17. The molecule has 7 rings (SSSR count). The number of aromatic nitrogens is 2. The van der Waals surface area contributed by atoms with Gasteiger partial charge in [0.2, 0.25) is 0 Å². The third-order valence-corrected chi connectivity index (χ3v) is 7.11. The molecule has 3 nitrogen and oxygen atoms in total. The van der Waals surface area contributed by atoms with E-state index >= 15 is 0 Å². The van der Waals surface area contributed by atoms with Gasteiger partial charge >= 0.3 is 0 Å². The van der Waals surface area contributed by atoms with Crippen LogP contribution in [0.4, 0.5) is 0 Å². The zero-order valence-electron chi connectivity index (χ0n) is 20.5. The van der Waals surface area contributed by atoms with E-state index in [-0.39, 0.29) is 0 Å². The molecule has 1 heterocycles. The first-order valence-electron chi connectivity index (χ1n) is 12.6. The minimum atomic E-state index is 0.656. The van der Waals surface area contributed by atoms with Crippen LogP contribution in [0.25, 0.3) is 66.1 Å². The smallest absolute Gasteiger partial charge is 0.160 e. The molecule has 0 fully saturated rings. The number of nitrogens with zero attached hydrogens (tertiary/aromatic N) is 3. The maximum Gasteiger partial charge on any atom is 0.160 e. The summed E-state index contributed by atoms with van der Waals surface area (Å²) in [6.45, 7) is 0. The van der Waals surface area contributed by atoms with Crippen molar-refractivity contribution in [2.24, 2.45) is 0 Å². The zero-order chi connectivity index (χ0) is 25.5. The highest BCUT2D eigenvalue weighted by Crippen LogP contribution is 2.38. The molecule has 0 bridgehead atoms. The van der Waals surface area contributed by atoms with Gasteiger partial charge in [-0.2, -0.15) is 5.26 Å². The van der Waals surface area contributed by atoms with Gasteiger partial charge in [0, 0.05) is 17.1 Å². The van der Waals surface area contributed by atoms with Gasteiger partial charge in [-0.25, -0.2) is 9.97 Å². The van der Waals surface area contributed by atoms with Gasteiger partial charge in [-0.1, -0.05) is 78.9 Å². The summed E-state index contributed by atoms with van der Waals surface area (Å²) in [5.74, 6) is 0.717. The van der Waals surface area contributed by atoms with Crippen LogP contribution >= 0.6 is 0 Å². The number of fused-ring (bicyclic) bond motifs is 3. The molecule has 7 aromatic rings. The summed E-state index contributed by atoms with van der Waals surface area (Å²) in [6, 6.07) is 43.9. The van der Waals surface area contributed by atoms with Gasteiger partial charge in [-0.3, -0.25) is 0 Å². The lowest BCUT2D eigenvalue weighted by Crippen LogP contribution is -1.93. The topological polar surface area (TPSA) is 49.6 Å². The molecule has 0 aliphatic rings. The molecule has 6 aromatic carbocycles. The van der Waals surface area contributed by atoms with Crippen molar-refractivity contribution in [3.8, 4) is 39.7 Å². The van der Waals surface area contributed by atoms with Gasteiger partial charge in [0.15, 0.2) is 5.82 Å². The lowest BCUT2D eigenvalue weighted by atomic mass is 9.90. The van der Waals surface area contributed by atoms with Crippen LogP contribution < -0.4 is 0 Å². The number of benzene rings is 6. The highest BCUT2D eigenvalue weighted by atomic mass is 14.9. The normalized spacial score (nSPS) is 11.1. The summed E-state index contributed by atoms with van der Waals surface area (Å²) >= 11 is 0. The van der Waals surface area contributed by atoms with E-state index in [1.165, 1.54) is 10.8 Å². The fourth-order valence-electron chi connectivity index (χ4n) is 5.20. The van der Waals surface area contributed by atoms with Crippen molar-refractivity contribution < 1.29 is 0 Å². The van der Waals surface area contributed by atoms with E-state index in [2.05, 4.69) is 78.9 Å². The average Bonchev–Trinajstić information content (AvgIpc) is 2.99. The number of rotatable bonds is 3. The van der Waals surface area contributed by atoms with Crippen LogP contribution in [0.3, 0.4) is 0 Å². The highest BCUT2D eigenvalue weighted by Gasteiger charge is 2.13. The van der Waals surface area contributed by atoms with Gasteiger partial charge in [-0.15, -0.1) is 0 Å². The Hall–Kier alpha value is -5.33. The second-order valence-electron chi connectivity index (χ2n) is 9.43. The van der Waals surface area contributed by atoms with Crippen molar-refractivity contribution in [1.82, 2.24) is 9.97 Å². The van der Waals surface area contributed by atoms with Gasteiger partial charge in [0.25, 0.3) is 0 Å². The SMILES string of the molecule is N#Cc1ccc(-c2cc(-c3cc(-c4ncc5ccccc5n4)c4ccccc4c3)cc3ccccc23)cc1. The molecular formula is C35H21N3. The van der Waals surface area contributed by atoms with Crippen LogP contribution in [-0.2, 0) is 0 Å². The van der Waals surface area contributed by atoms with Crippen LogP contribution in [0.2, 0.25) is 0 Å². The van der Waals surface area contributed by atoms with Crippen LogP contribution in [0.15, 0.2) is 128 Å². The molecule has 0 spiro atoms. The molecule has 176 valence electrons. The third-order valence-electron chi connectivity index (χ3n) is 7.11. The number of para-hydroxylation sites is 1. The zero-order valence-corrected chi connectivity index (χ0v) is 20.5. The molecule has 0 aliphatic carbocycles. The molecule has 0 saturated heterocycles. The first-order valence-corrected chi connectivity index (χ1v) is 12.6. The van der Waals surface area contributed by atoms with Gasteiger partial charge in [0.1, 0.15) is 0 Å². The number of nitriles is 1. The molecule has 3 heteroatoms. The Morgan fingerprint density at radius 3 is 1.79 bits per heavy atom. The minimum absolute atomic E-state index is 0.656. The Bertz CT molecular complexity index is 2030. The standard InChI is InChI=1S/C35H21N3/c36-21-23-13-15-24(16-14-23)32-19-28(17-25-7-1-4-10-30(25)32)29-18-26-8-2-5-11-31(26)33(20-29)35-37-22-27-9-3-6-12-34(27)38-35/h1-20,22H. The Morgan fingerprint density at radius 2 is 1.11 bits per heavy atom. The Morgan fingerprint density at radius 1 is 0.526 bits per heavy atom. The first-order chi connectivity index (χ1) is 18.8. The van der Waals surface area contributed by atoms with E-state index in [0.29, 0.717) is 5.56 Å². The fraction of sp³-hybridized carbons (Fsp3) is 0. The van der Waals surface area contributed by atoms with Crippen LogP contribution in [0, 0.1) is 11.3 Å². The van der Waals surface area contributed by atoms with Gasteiger partial charge in [-0.05, 0) is 86.3 Å². The van der Waals surface area contributed by atoms with Crippen molar-refractivity contribution in [3.05, 3.63) is 133 Å². The van der Waals surface area contributed by atoms with Crippen molar-refractivity contribution in [2.75, 3.05) is 0 Å². The summed E-state index contributed by atoms with van der Waals surface area (Å²) in [7, 11) is 0. The van der Waals surface area contributed by atoms with E-state index in [0.717, 1.165) is 55.3 Å². The number of hydrogen-bond acceptors (Lipinski definition) is 3. The van der Waals surface area contributed by atoms with Crippen molar-refractivity contribution in [2.45, 2.75) is 0 Å².